The predicted octanol–water partition coefficient (Wildman–Crippen LogP) is 4.06. The Kier molecular flexibility index (Phi) is 6.66. The van der Waals surface area contributed by atoms with E-state index in [2.05, 4.69) is 26.6 Å². The zero-order valence-electron chi connectivity index (χ0n) is 16.7. The van der Waals surface area contributed by atoms with Crippen molar-refractivity contribution in [3.05, 3.63) is 58.1 Å². The SMILES string of the molecule is CC(C)CC(=O)Nc1ccc(NC(=O)CCN2C(=O)c3ccc(Br)cc3C2=O)cc1. The molecule has 1 aliphatic rings. The molecule has 4 amide bonds. The van der Waals surface area contributed by atoms with Crippen LogP contribution >= 0.6 is 15.9 Å². The van der Waals surface area contributed by atoms with Crippen molar-refractivity contribution in [2.75, 3.05) is 17.2 Å². The quantitative estimate of drug-likeness (QED) is 0.595. The minimum atomic E-state index is -0.398. The third-order valence-electron chi connectivity index (χ3n) is 4.54. The highest BCUT2D eigenvalue weighted by Gasteiger charge is 2.35. The average Bonchev–Trinajstić information content (AvgIpc) is 2.91. The number of carbonyl (C=O) groups excluding carboxylic acids is 4. The number of hydrogen-bond acceptors (Lipinski definition) is 4. The van der Waals surface area contributed by atoms with Gasteiger partial charge in [-0.15, -0.1) is 0 Å². The molecule has 0 bridgehead atoms. The summed E-state index contributed by atoms with van der Waals surface area (Å²) in [7, 11) is 0. The van der Waals surface area contributed by atoms with Crippen LogP contribution in [0.3, 0.4) is 0 Å². The second-order valence-corrected chi connectivity index (χ2v) is 8.39. The standard InChI is InChI=1S/C22H22BrN3O4/c1-13(2)11-20(28)25-16-6-4-15(5-7-16)24-19(27)9-10-26-21(29)17-8-3-14(23)12-18(17)22(26)30/h3-8,12-13H,9-11H2,1-2H3,(H,24,27)(H,25,28). The van der Waals surface area contributed by atoms with E-state index in [1.165, 1.54) is 0 Å². The predicted molar refractivity (Wildman–Crippen MR) is 117 cm³/mol. The summed E-state index contributed by atoms with van der Waals surface area (Å²) < 4.78 is 0.714. The number of benzene rings is 2. The van der Waals surface area contributed by atoms with Crippen molar-refractivity contribution >= 4 is 50.9 Å². The summed E-state index contributed by atoms with van der Waals surface area (Å²) in [4.78, 5) is 50.0. The maximum atomic E-state index is 12.4. The highest BCUT2D eigenvalue weighted by molar-refractivity contribution is 9.10. The molecule has 0 atom stereocenters. The number of rotatable bonds is 7. The fourth-order valence-electron chi connectivity index (χ4n) is 3.12. The lowest BCUT2D eigenvalue weighted by Gasteiger charge is -2.13. The van der Waals surface area contributed by atoms with Gasteiger partial charge in [-0.25, -0.2) is 0 Å². The lowest BCUT2D eigenvalue weighted by Crippen LogP contribution is -2.32. The van der Waals surface area contributed by atoms with Crippen LogP contribution in [0.25, 0.3) is 0 Å². The molecule has 0 radical (unpaired) electrons. The second-order valence-electron chi connectivity index (χ2n) is 7.47. The van der Waals surface area contributed by atoms with Crippen molar-refractivity contribution in [1.29, 1.82) is 0 Å². The number of imide groups is 1. The Bertz CT molecular complexity index is 1000. The average molecular weight is 472 g/mol. The van der Waals surface area contributed by atoms with Crippen molar-refractivity contribution in [2.45, 2.75) is 26.7 Å². The highest BCUT2D eigenvalue weighted by Crippen LogP contribution is 2.26. The van der Waals surface area contributed by atoms with Gasteiger partial charge in [0.15, 0.2) is 0 Å². The maximum absolute atomic E-state index is 12.4. The third-order valence-corrected chi connectivity index (χ3v) is 5.03. The van der Waals surface area contributed by atoms with Gasteiger partial charge in [0.25, 0.3) is 11.8 Å². The van der Waals surface area contributed by atoms with Gasteiger partial charge >= 0.3 is 0 Å². The number of anilines is 2. The highest BCUT2D eigenvalue weighted by atomic mass is 79.9. The van der Waals surface area contributed by atoms with Crippen LogP contribution in [0.15, 0.2) is 46.9 Å². The molecule has 0 aliphatic carbocycles. The molecule has 156 valence electrons. The molecule has 2 aromatic rings. The van der Waals surface area contributed by atoms with Crippen LogP contribution in [0.5, 0.6) is 0 Å². The minimum Gasteiger partial charge on any atom is -0.326 e. The molecular formula is C22H22BrN3O4. The molecule has 0 fully saturated rings. The molecule has 2 aromatic carbocycles. The number of carbonyl (C=O) groups is 4. The summed E-state index contributed by atoms with van der Waals surface area (Å²) in [6.07, 6.45) is 0.423. The summed E-state index contributed by atoms with van der Waals surface area (Å²) in [5, 5.41) is 5.53. The molecule has 7 nitrogen and oxygen atoms in total. The van der Waals surface area contributed by atoms with E-state index in [0.717, 1.165) is 4.90 Å². The van der Waals surface area contributed by atoms with E-state index < -0.39 is 11.8 Å². The molecule has 1 heterocycles. The monoisotopic (exact) mass is 471 g/mol. The number of nitrogens with zero attached hydrogens (tertiary/aromatic N) is 1. The molecular weight excluding hydrogens is 450 g/mol. The van der Waals surface area contributed by atoms with Crippen LogP contribution in [0.4, 0.5) is 11.4 Å². The molecule has 3 rings (SSSR count). The van der Waals surface area contributed by atoms with Crippen molar-refractivity contribution in [2.24, 2.45) is 5.92 Å². The first-order chi connectivity index (χ1) is 14.2. The Morgan fingerprint density at radius 2 is 1.47 bits per heavy atom. The molecule has 0 spiro atoms. The maximum Gasteiger partial charge on any atom is 0.261 e. The number of nitrogens with one attached hydrogen (secondary N) is 2. The van der Waals surface area contributed by atoms with Gasteiger partial charge in [0.1, 0.15) is 0 Å². The number of fused-ring (bicyclic) bond motifs is 1. The smallest absolute Gasteiger partial charge is 0.261 e. The molecule has 2 N–H and O–H groups in total. The van der Waals surface area contributed by atoms with Crippen molar-refractivity contribution in [1.82, 2.24) is 4.90 Å². The Hall–Kier alpha value is -3.00. The van der Waals surface area contributed by atoms with E-state index in [0.29, 0.717) is 33.4 Å². The van der Waals surface area contributed by atoms with E-state index in [4.69, 9.17) is 0 Å². The van der Waals surface area contributed by atoms with Gasteiger partial charge in [0.05, 0.1) is 11.1 Å². The Balaban J connectivity index is 1.52. The fraction of sp³-hybridized carbons (Fsp3) is 0.273. The molecule has 1 aliphatic heterocycles. The third kappa shape index (κ3) is 5.13. The van der Waals surface area contributed by atoms with Crippen LogP contribution in [-0.2, 0) is 9.59 Å². The summed E-state index contributed by atoms with van der Waals surface area (Å²) in [5.41, 5.74) is 1.90. The zero-order chi connectivity index (χ0) is 21.8. The van der Waals surface area contributed by atoms with Crippen LogP contribution < -0.4 is 10.6 Å². The second kappa shape index (κ2) is 9.21. The molecule has 0 aromatic heterocycles. The summed E-state index contributed by atoms with van der Waals surface area (Å²) in [5.74, 6) is -0.895. The number of hydrogen-bond donors (Lipinski definition) is 2. The molecule has 30 heavy (non-hydrogen) atoms. The minimum absolute atomic E-state index is 0.000851. The first kappa shape index (κ1) is 21.7. The van der Waals surface area contributed by atoms with Gasteiger partial charge in [-0.3, -0.25) is 24.1 Å². The normalized spacial score (nSPS) is 12.9. The van der Waals surface area contributed by atoms with Gasteiger partial charge in [0.2, 0.25) is 11.8 Å². The van der Waals surface area contributed by atoms with Gasteiger partial charge < -0.3 is 10.6 Å². The van der Waals surface area contributed by atoms with Gasteiger partial charge in [-0.2, -0.15) is 0 Å². The van der Waals surface area contributed by atoms with Gasteiger partial charge in [0, 0.05) is 35.2 Å². The van der Waals surface area contributed by atoms with Gasteiger partial charge in [-0.05, 0) is 48.4 Å². The van der Waals surface area contributed by atoms with E-state index >= 15 is 0 Å². The summed E-state index contributed by atoms with van der Waals surface area (Å²) in [6, 6.07) is 11.7. The lowest BCUT2D eigenvalue weighted by atomic mass is 10.1. The summed E-state index contributed by atoms with van der Waals surface area (Å²) in [6.45, 7) is 3.94. The molecule has 0 saturated carbocycles. The lowest BCUT2D eigenvalue weighted by molar-refractivity contribution is -0.117. The number of halogens is 1. The van der Waals surface area contributed by atoms with E-state index in [-0.39, 0.29) is 30.7 Å². The van der Waals surface area contributed by atoms with E-state index in [9.17, 15) is 19.2 Å². The van der Waals surface area contributed by atoms with Gasteiger partial charge in [-0.1, -0.05) is 29.8 Å². The molecule has 8 heteroatoms. The van der Waals surface area contributed by atoms with E-state index in [1.54, 1.807) is 42.5 Å². The Morgan fingerprint density at radius 1 is 0.900 bits per heavy atom. The van der Waals surface area contributed by atoms with Crippen LogP contribution in [0, 0.1) is 5.92 Å². The van der Waals surface area contributed by atoms with Crippen molar-refractivity contribution < 1.29 is 19.2 Å². The topological polar surface area (TPSA) is 95.6 Å². The molecule has 0 saturated heterocycles. The largest absolute Gasteiger partial charge is 0.326 e. The number of amides is 4. The van der Waals surface area contributed by atoms with Crippen LogP contribution in [0.2, 0.25) is 0 Å². The Labute approximate surface area is 183 Å². The first-order valence-corrected chi connectivity index (χ1v) is 10.4. The summed E-state index contributed by atoms with van der Waals surface area (Å²) >= 11 is 3.29. The molecule has 0 unspecified atom stereocenters. The van der Waals surface area contributed by atoms with Crippen molar-refractivity contribution in [3.8, 4) is 0 Å². The zero-order valence-corrected chi connectivity index (χ0v) is 18.3. The van der Waals surface area contributed by atoms with E-state index in [1.807, 2.05) is 13.8 Å². The van der Waals surface area contributed by atoms with Crippen molar-refractivity contribution in [3.63, 3.8) is 0 Å². The van der Waals surface area contributed by atoms with Crippen LogP contribution in [-0.4, -0.2) is 35.1 Å². The Morgan fingerprint density at radius 3 is 2.07 bits per heavy atom. The fourth-order valence-corrected chi connectivity index (χ4v) is 3.48. The van der Waals surface area contributed by atoms with Crippen LogP contribution in [0.1, 0.15) is 47.4 Å². The first-order valence-electron chi connectivity index (χ1n) is 9.60.